The van der Waals surface area contributed by atoms with Crippen molar-refractivity contribution in [1.82, 2.24) is 0 Å². The zero-order valence-corrected chi connectivity index (χ0v) is 11.6. The zero-order valence-electron chi connectivity index (χ0n) is 11.6. The Hall–Kier alpha value is -1.47. The molecular formula is C14H19F3N2O2. The summed E-state index contributed by atoms with van der Waals surface area (Å²) in [6.07, 6.45) is -2.76. The van der Waals surface area contributed by atoms with Crippen LogP contribution in [0.1, 0.15) is 18.4 Å². The van der Waals surface area contributed by atoms with Crippen molar-refractivity contribution in [2.45, 2.75) is 25.1 Å². The van der Waals surface area contributed by atoms with E-state index in [-0.39, 0.29) is 18.4 Å². The van der Waals surface area contributed by atoms with Crippen LogP contribution in [0, 0.1) is 0 Å². The van der Waals surface area contributed by atoms with Crippen molar-refractivity contribution >= 4 is 11.4 Å². The average molecular weight is 304 g/mol. The Labute approximate surface area is 121 Å². The topological polar surface area (TPSA) is 58.7 Å². The average Bonchev–Trinajstić information content (AvgIpc) is 2.45. The number of nitrogen functional groups attached to an aromatic ring is 1. The lowest BCUT2D eigenvalue weighted by Crippen LogP contribution is -2.37. The minimum atomic E-state index is -4.38. The summed E-state index contributed by atoms with van der Waals surface area (Å²) < 4.78 is 43.3. The van der Waals surface area contributed by atoms with Crippen LogP contribution in [0.2, 0.25) is 0 Å². The van der Waals surface area contributed by atoms with Crippen LogP contribution in [-0.2, 0) is 10.9 Å². The van der Waals surface area contributed by atoms with Crippen LogP contribution in [0.3, 0.4) is 0 Å². The van der Waals surface area contributed by atoms with Gasteiger partial charge in [-0.25, -0.2) is 0 Å². The second-order valence-corrected chi connectivity index (χ2v) is 5.05. The Morgan fingerprint density at radius 1 is 1.29 bits per heavy atom. The first-order chi connectivity index (χ1) is 9.91. The summed E-state index contributed by atoms with van der Waals surface area (Å²) in [5, 5.41) is 8.71. The van der Waals surface area contributed by atoms with Crippen LogP contribution in [0.5, 0.6) is 0 Å². The fourth-order valence-electron chi connectivity index (χ4n) is 2.50. The number of piperidine rings is 1. The summed E-state index contributed by atoms with van der Waals surface area (Å²) in [4.78, 5) is 1.97. The Balaban J connectivity index is 2.00. The van der Waals surface area contributed by atoms with Crippen LogP contribution < -0.4 is 10.6 Å². The summed E-state index contributed by atoms with van der Waals surface area (Å²) in [7, 11) is 0. The van der Waals surface area contributed by atoms with E-state index in [1.54, 1.807) is 0 Å². The summed E-state index contributed by atoms with van der Waals surface area (Å²) in [5.74, 6) is 0. The molecule has 1 saturated heterocycles. The molecule has 4 nitrogen and oxygen atoms in total. The highest BCUT2D eigenvalue weighted by Crippen LogP contribution is 2.35. The van der Waals surface area contributed by atoms with Crippen LogP contribution in [-0.4, -0.2) is 37.5 Å². The number of aliphatic hydroxyl groups is 1. The SMILES string of the molecule is Nc1cc(C(F)(F)F)ccc1N1CCC(OCCO)CC1. The number of benzene rings is 1. The van der Waals surface area contributed by atoms with Crippen molar-refractivity contribution in [2.24, 2.45) is 0 Å². The summed E-state index contributed by atoms with van der Waals surface area (Å²) >= 11 is 0. The number of alkyl halides is 3. The normalized spacial score (nSPS) is 17.2. The largest absolute Gasteiger partial charge is 0.416 e. The molecule has 3 N–H and O–H groups in total. The van der Waals surface area contributed by atoms with Crippen LogP contribution in [0.4, 0.5) is 24.5 Å². The quantitative estimate of drug-likeness (QED) is 0.838. The van der Waals surface area contributed by atoms with Gasteiger partial charge < -0.3 is 20.5 Å². The molecule has 0 spiro atoms. The lowest BCUT2D eigenvalue weighted by molar-refractivity contribution is -0.137. The van der Waals surface area contributed by atoms with E-state index in [1.165, 1.54) is 6.07 Å². The number of ether oxygens (including phenoxy) is 1. The van der Waals surface area contributed by atoms with Gasteiger partial charge in [-0.05, 0) is 31.0 Å². The number of hydrogen-bond acceptors (Lipinski definition) is 4. The molecule has 1 heterocycles. The van der Waals surface area contributed by atoms with E-state index < -0.39 is 11.7 Å². The minimum absolute atomic E-state index is 0.00787. The number of nitrogens with two attached hydrogens (primary N) is 1. The van der Waals surface area contributed by atoms with Gasteiger partial charge in [-0.2, -0.15) is 13.2 Å². The molecule has 0 saturated carbocycles. The predicted octanol–water partition coefficient (Wildman–Crippen LogP) is 2.27. The van der Waals surface area contributed by atoms with Gasteiger partial charge in [-0.1, -0.05) is 0 Å². The smallest absolute Gasteiger partial charge is 0.397 e. The number of aliphatic hydroxyl groups excluding tert-OH is 1. The maximum atomic E-state index is 12.6. The van der Waals surface area contributed by atoms with Crippen molar-refractivity contribution in [1.29, 1.82) is 0 Å². The van der Waals surface area contributed by atoms with E-state index in [2.05, 4.69) is 0 Å². The monoisotopic (exact) mass is 304 g/mol. The molecule has 1 fully saturated rings. The lowest BCUT2D eigenvalue weighted by Gasteiger charge is -2.34. The van der Waals surface area contributed by atoms with Crippen molar-refractivity contribution in [2.75, 3.05) is 36.9 Å². The molecule has 0 amide bonds. The summed E-state index contributed by atoms with van der Waals surface area (Å²) in [5.41, 5.74) is 5.79. The maximum Gasteiger partial charge on any atom is 0.416 e. The van der Waals surface area contributed by atoms with Gasteiger partial charge in [0, 0.05) is 13.1 Å². The number of hydrogen-bond donors (Lipinski definition) is 2. The van der Waals surface area contributed by atoms with Gasteiger partial charge in [0.2, 0.25) is 0 Å². The Morgan fingerprint density at radius 3 is 2.48 bits per heavy atom. The van der Waals surface area contributed by atoms with Crippen LogP contribution in [0.25, 0.3) is 0 Å². The van der Waals surface area contributed by atoms with Crippen LogP contribution >= 0.6 is 0 Å². The van der Waals surface area contributed by atoms with Crippen molar-refractivity contribution < 1.29 is 23.0 Å². The molecule has 1 aliphatic heterocycles. The third kappa shape index (κ3) is 4.01. The van der Waals surface area contributed by atoms with E-state index in [9.17, 15) is 13.2 Å². The third-order valence-electron chi connectivity index (χ3n) is 3.58. The molecule has 0 aliphatic carbocycles. The fourth-order valence-corrected chi connectivity index (χ4v) is 2.50. The second kappa shape index (κ2) is 6.53. The van der Waals surface area contributed by atoms with E-state index in [0.717, 1.165) is 25.0 Å². The van der Waals surface area contributed by atoms with Gasteiger partial charge in [-0.3, -0.25) is 0 Å². The Bertz CT molecular complexity index is 472. The molecule has 1 aromatic carbocycles. The third-order valence-corrected chi connectivity index (χ3v) is 3.58. The zero-order chi connectivity index (χ0) is 15.5. The van der Waals surface area contributed by atoms with Gasteiger partial charge in [0.25, 0.3) is 0 Å². The fraction of sp³-hybridized carbons (Fsp3) is 0.571. The molecule has 7 heteroatoms. The Morgan fingerprint density at radius 2 is 1.95 bits per heavy atom. The van der Waals surface area contributed by atoms with Gasteiger partial charge in [0.1, 0.15) is 0 Å². The molecule has 2 rings (SSSR count). The highest BCUT2D eigenvalue weighted by atomic mass is 19.4. The van der Waals surface area contributed by atoms with E-state index >= 15 is 0 Å². The van der Waals surface area contributed by atoms with Crippen LogP contribution in [0.15, 0.2) is 18.2 Å². The highest BCUT2D eigenvalue weighted by Gasteiger charge is 2.31. The summed E-state index contributed by atoms with van der Waals surface area (Å²) in [6, 6.07) is 3.46. The van der Waals surface area contributed by atoms with Gasteiger partial charge in [0.15, 0.2) is 0 Å². The molecule has 118 valence electrons. The second-order valence-electron chi connectivity index (χ2n) is 5.05. The molecule has 0 radical (unpaired) electrons. The number of halogens is 3. The van der Waals surface area contributed by atoms with Crippen molar-refractivity contribution in [3.05, 3.63) is 23.8 Å². The van der Waals surface area contributed by atoms with Crippen molar-refractivity contribution in [3.8, 4) is 0 Å². The molecule has 0 bridgehead atoms. The molecule has 0 atom stereocenters. The minimum Gasteiger partial charge on any atom is -0.397 e. The molecule has 0 unspecified atom stereocenters. The van der Waals surface area contributed by atoms with E-state index in [0.29, 0.717) is 25.4 Å². The molecule has 1 aliphatic rings. The first-order valence-electron chi connectivity index (χ1n) is 6.86. The molecule has 0 aromatic heterocycles. The van der Waals surface area contributed by atoms with Gasteiger partial charge in [0.05, 0.1) is 36.3 Å². The maximum absolute atomic E-state index is 12.6. The number of nitrogens with zero attached hydrogens (tertiary/aromatic N) is 1. The number of anilines is 2. The van der Waals surface area contributed by atoms with Gasteiger partial charge >= 0.3 is 6.18 Å². The van der Waals surface area contributed by atoms with E-state index in [1.807, 2.05) is 4.90 Å². The Kier molecular flexibility index (Phi) is 4.95. The standard InChI is InChI=1S/C14H19F3N2O2/c15-14(16,17)10-1-2-13(12(18)9-10)19-5-3-11(4-6-19)21-8-7-20/h1-2,9,11,20H,3-8,18H2. The highest BCUT2D eigenvalue weighted by molar-refractivity contribution is 5.68. The van der Waals surface area contributed by atoms with Gasteiger partial charge in [-0.15, -0.1) is 0 Å². The molecular weight excluding hydrogens is 285 g/mol. The number of rotatable bonds is 4. The summed E-state index contributed by atoms with van der Waals surface area (Å²) in [6.45, 7) is 1.65. The lowest BCUT2D eigenvalue weighted by atomic mass is 10.1. The van der Waals surface area contributed by atoms with Crippen molar-refractivity contribution in [3.63, 3.8) is 0 Å². The first-order valence-corrected chi connectivity index (χ1v) is 6.86. The molecule has 1 aromatic rings. The first kappa shape index (κ1) is 15.9. The molecule has 21 heavy (non-hydrogen) atoms. The predicted molar refractivity (Wildman–Crippen MR) is 74.1 cm³/mol. The van der Waals surface area contributed by atoms with E-state index in [4.69, 9.17) is 15.6 Å².